The van der Waals surface area contributed by atoms with Crippen LogP contribution in [0.1, 0.15) is 0 Å². The van der Waals surface area contributed by atoms with E-state index in [-0.39, 0.29) is 0 Å². The van der Waals surface area contributed by atoms with Crippen LogP contribution in [0.25, 0.3) is 99.7 Å². The third-order valence-corrected chi connectivity index (χ3v) is 9.34. The number of rotatable bonds is 4. The summed E-state index contributed by atoms with van der Waals surface area (Å²) in [5.41, 5.74) is 10.1. The summed E-state index contributed by atoms with van der Waals surface area (Å²) in [6.45, 7) is 0. The van der Waals surface area contributed by atoms with E-state index >= 15 is 0 Å². The predicted octanol–water partition coefficient (Wildman–Crippen LogP) is 11.3. The Labute approximate surface area is 281 Å². The number of hydrogen-bond donors (Lipinski definition) is 0. The van der Waals surface area contributed by atoms with Gasteiger partial charge in [0.15, 0.2) is 5.82 Å². The van der Waals surface area contributed by atoms with Crippen molar-refractivity contribution in [2.75, 3.05) is 0 Å². The number of benzene rings is 6. The van der Waals surface area contributed by atoms with Crippen LogP contribution < -0.4 is 0 Å². The maximum atomic E-state index is 6.25. The molecule has 0 saturated heterocycles. The van der Waals surface area contributed by atoms with Gasteiger partial charge < -0.3 is 4.42 Å². The molecule has 0 aliphatic rings. The lowest BCUT2D eigenvalue weighted by molar-refractivity contribution is 0.669. The Hall–Kier alpha value is -6.72. The van der Waals surface area contributed by atoms with Gasteiger partial charge in [0, 0.05) is 50.0 Å². The first kappa shape index (κ1) is 27.4. The molecule has 0 amide bonds. The quantitative estimate of drug-likeness (QED) is 0.182. The lowest BCUT2D eigenvalue weighted by atomic mass is 9.95. The normalized spacial score (nSPS) is 11.7. The van der Waals surface area contributed by atoms with E-state index in [4.69, 9.17) is 19.4 Å². The third kappa shape index (κ3) is 4.55. The highest BCUT2D eigenvalue weighted by atomic mass is 16.3. The zero-order valence-electron chi connectivity index (χ0n) is 26.2. The van der Waals surface area contributed by atoms with Crippen molar-refractivity contribution < 1.29 is 4.42 Å². The number of pyridine rings is 2. The third-order valence-electron chi connectivity index (χ3n) is 9.34. The number of para-hydroxylation sites is 1. The highest BCUT2D eigenvalue weighted by Crippen LogP contribution is 2.38. The Balaban J connectivity index is 1.16. The average Bonchev–Trinajstić information content (AvgIpc) is 3.55. The van der Waals surface area contributed by atoms with Gasteiger partial charge in [0.25, 0.3) is 0 Å². The predicted molar refractivity (Wildman–Crippen MR) is 199 cm³/mol. The first-order valence-corrected chi connectivity index (χ1v) is 16.3. The minimum atomic E-state index is 0.668. The van der Waals surface area contributed by atoms with Crippen molar-refractivity contribution in [2.45, 2.75) is 0 Å². The van der Waals surface area contributed by atoms with Crippen LogP contribution in [0.15, 0.2) is 162 Å². The van der Waals surface area contributed by atoms with Crippen molar-refractivity contribution in [3.63, 3.8) is 0 Å². The molecule has 0 spiro atoms. The molecule has 0 bridgehead atoms. The van der Waals surface area contributed by atoms with Crippen LogP contribution >= 0.6 is 0 Å². The number of hydrogen-bond acceptors (Lipinski definition) is 5. The van der Waals surface area contributed by atoms with Crippen molar-refractivity contribution in [3.05, 3.63) is 158 Å². The summed E-state index contributed by atoms with van der Waals surface area (Å²) in [5, 5.41) is 6.53. The van der Waals surface area contributed by atoms with Crippen LogP contribution in [0.4, 0.5) is 0 Å². The lowest BCUT2D eigenvalue weighted by Gasteiger charge is -2.14. The lowest BCUT2D eigenvalue weighted by Crippen LogP contribution is -1.97. The molecule has 0 saturated carbocycles. The second-order valence-electron chi connectivity index (χ2n) is 12.3. The Bertz CT molecular complexity index is 2890. The maximum Gasteiger partial charge on any atom is 0.160 e. The molecular formula is C44H26N4O. The van der Waals surface area contributed by atoms with E-state index in [9.17, 15) is 0 Å². The van der Waals surface area contributed by atoms with Crippen molar-refractivity contribution in [1.29, 1.82) is 0 Å². The molecule has 0 radical (unpaired) electrons. The fraction of sp³-hybridized carbons (Fsp3) is 0. The van der Waals surface area contributed by atoms with E-state index in [1.807, 2.05) is 48.7 Å². The van der Waals surface area contributed by atoms with E-state index < -0.39 is 0 Å². The standard InChI is InChI=1S/C44H26N4O/c1-2-9-29(10-3-1)44-47-38(30-18-20-36-35-14-6-7-15-40(35)49-41(36)25-30)26-39(48-44)34-22-21-33(31-12-4-5-13-32(31)34)37-23-19-28-17-16-27-11-8-24-45-42(27)43(28)46-37/h1-26H. The van der Waals surface area contributed by atoms with Crippen LogP contribution in [0.5, 0.6) is 0 Å². The number of nitrogens with zero attached hydrogens (tertiary/aromatic N) is 4. The highest BCUT2D eigenvalue weighted by molar-refractivity contribution is 6.08. The Morgan fingerprint density at radius 2 is 1.06 bits per heavy atom. The molecule has 0 N–H and O–H groups in total. The minimum absolute atomic E-state index is 0.668. The van der Waals surface area contributed by atoms with Crippen LogP contribution in [0.3, 0.4) is 0 Å². The minimum Gasteiger partial charge on any atom is -0.456 e. The summed E-state index contributed by atoms with van der Waals surface area (Å²) in [4.78, 5) is 20.1. The Morgan fingerprint density at radius 3 is 1.90 bits per heavy atom. The molecule has 10 rings (SSSR count). The second kappa shape index (κ2) is 10.9. The molecule has 0 unspecified atom stereocenters. The molecule has 0 aliphatic carbocycles. The smallest absolute Gasteiger partial charge is 0.160 e. The zero-order chi connectivity index (χ0) is 32.3. The van der Waals surface area contributed by atoms with Gasteiger partial charge in [-0.15, -0.1) is 0 Å². The van der Waals surface area contributed by atoms with Gasteiger partial charge >= 0.3 is 0 Å². The molecular weight excluding hydrogens is 601 g/mol. The number of furan rings is 1. The van der Waals surface area contributed by atoms with E-state index in [2.05, 4.69) is 114 Å². The maximum absolute atomic E-state index is 6.25. The average molecular weight is 627 g/mol. The number of aromatic nitrogens is 4. The fourth-order valence-electron chi connectivity index (χ4n) is 6.95. The monoisotopic (exact) mass is 626 g/mol. The van der Waals surface area contributed by atoms with Crippen LogP contribution in [0, 0.1) is 0 Å². The van der Waals surface area contributed by atoms with Gasteiger partial charge in [-0.3, -0.25) is 4.98 Å². The van der Waals surface area contributed by atoms with Crippen molar-refractivity contribution in [1.82, 2.24) is 19.9 Å². The first-order chi connectivity index (χ1) is 24.3. The molecule has 6 aromatic carbocycles. The summed E-state index contributed by atoms with van der Waals surface area (Å²) in [5.74, 6) is 0.668. The summed E-state index contributed by atoms with van der Waals surface area (Å²) in [6, 6.07) is 52.0. The molecule has 0 atom stereocenters. The molecule has 0 aliphatic heterocycles. The highest BCUT2D eigenvalue weighted by Gasteiger charge is 2.17. The van der Waals surface area contributed by atoms with E-state index in [1.54, 1.807) is 0 Å². The zero-order valence-corrected chi connectivity index (χ0v) is 26.2. The summed E-state index contributed by atoms with van der Waals surface area (Å²) in [6.07, 6.45) is 1.83. The topological polar surface area (TPSA) is 64.7 Å². The number of fused-ring (bicyclic) bond motifs is 7. The van der Waals surface area contributed by atoms with Gasteiger partial charge in [0.2, 0.25) is 0 Å². The van der Waals surface area contributed by atoms with Crippen LogP contribution in [0.2, 0.25) is 0 Å². The van der Waals surface area contributed by atoms with Gasteiger partial charge in [0.1, 0.15) is 11.2 Å². The van der Waals surface area contributed by atoms with Crippen molar-refractivity contribution in [2.24, 2.45) is 0 Å². The summed E-state index contributed by atoms with van der Waals surface area (Å²) in [7, 11) is 0. The van der Waals surface area contributed by atoms with Crippen LogP contribution in [-0.2, 0) is 0 Å². The van der Waals surface area contributed by atoms with Gasteiger partial charge in [-0.2, -0.15) is 0 Å². The summed E-state index contributed by atoms with van der Waals surface area (Å²) < 4.78 is 6.25. The molecule has 49 heavy (non-hydrogen) atoms. The molecule has 4 aromatic heterocycles. The molecule has 10 aromatic rings. The largest absolute Gasteiger partial charge is 0.456 e. The first-order valence-electron chi connectivity index (χ1n) is 16.3. The summed E-state index contributed by atoms with van der Waals surface area (Å²) >= 11 is 0. The van der Waals surface area contributed by atoms with Gasteiger partial charge in [0.05, 0.1) is 28.1 Å². The molecule has 5 nitrogen and oxygen atoms in total. The Morgan fingerprint density at radius 1 is 0.388 bits per heavy atom. The van der Waals surface area contributed by atoms with Gasteiger partial charge in [-0.1, -0.05) is 115 Å². The molecule has 0 fully saturated rings. The van der Waals surface area contributed by atoms with Gasteiger partial charge in [-0.25, -0.2) is 15.0 Å². The fourth-order valence-corrected chi connectivity index (χ4v) is 6.95. The van der Waals surface area contributed by atoms with Crippen molar-refractivity contribution >= 4 is 54.5 Å². The van der Waals surface area contributed by atoms with Gasteiger partial charge in [-0.05, 0) is 47.2 Å². The van der Waals surface area contributed by atoms with Crippen LogP contribution in [-0.4, -0.2) is 19.9 Å². The van der Waals surface area contributed by atoms with Crippen molar-refractivity contribution in [3.8, 4) is 45.2 Å². The Kier molecular flexibility index (Phi) is 6.11. The molecule has 5 heteroatoms. The molecule has 228 valence electrons. The molecule has 4 heterocycles. The van der Waals surface area contributed by atoms with E-state index in [0.717, 1.165) is 93.9 Å². The SMILES string of the molecule is c1ccc(-c2nc(-c3ccc4c(c3)oc3ccccc34)cc(-c3ccc(-c4ccc5ccc6cccnc6c5n4)c4ccccc34)n2)cc1. The van der Waals surface area contributed by atoms with E-state index in [1.165, 1.54) is 0 Å². The second-order valence-corrected chi connectivity index (χ2v) is 12.3. The van der Waals surface area contributed by atoms with E-state index in [0.29, 0.717) is 5.82 Å².